The van der Waals surface area contributed by atoms with E-state index < -0.39 is 17.7 Å². The maximum Gasteiger partial charge on any atom is 0.335 e. The Morgan fingerprint density at radius 2 is 1.15 bits per heavy atom. The number of carbonyl (C=O) groups excluding carboxylic acids is 1. The van der Waals surface area contributed by atoms with Gasteiger partial charge in [-0.1, -0.05) is 36.4 Å². The van der Waals surface area contributed by atoms with Gasteiger partial charge in [0.25, 0.3) is 0 Å². The lowest BCUT2D eigenvalue weighted by Gasteiger charge is -2.31. The topological polar surface area (TPSA) is 63.2 Å². The fourth-order valence-corrected chi connectivity index (χ4v) is 4.49. The quantitative estimate of drug-likeness (QED) is 0.488. The molecule has 1 heterocycles. The number of rotatable bonds is 7. The monoisotopic (exact) mass is 448 g/mol. The summed E-state index contributed by atoms with van der Waals surface area (Å²) in [5.74, 6) is 1.63. The van der Waals surface area contributed by atoms with Crippen molar-refractivity contribution in [3.63, 3.8) is 0 Å². The second kappa shape index (κ2) is 9.55. The third-order valence-corrected chi connectivity index (χ3v) is 6.29. The van der Waals surface area contributed by atoms with Crippen LogP contribution in [0.25, 0.3) is 0 Å². The van der Waals surface area contributed by atoms with Crippen LogP contribution in [-0.2, 0) is 19.9 Å². The predicted molar refractivity (Wildman–Crippen MR) is 124 cm³/mol. The molecule has 2 atom stereocenters. The van der Waals surface area contributed by atoms with Gasteiger partial charge in [-0.15, -0.1) is 0 Å². The van der Waals surface area contributed by atoms with Crippen LogP contribution in [0, 0.1) is 0 Å². The van der Waals surface area contributed by atoms with E-state index in [0.29, 0.717) is 6.42 Å². The molecule has 4 rings (SSSR count). The molecule has 3 aromatic rings. The van der Waals surface area contributed by atoms with Gasteiger partial charge in [-0.3, -0.25) is 0 Å². The van der Waals surface area contributed by atoms with Gasteiger partial charge in [0, 0.05) is 5.92 Å². The number of esters is 1. The van der Waals surface area contributed by atoms with Crippen molar-refractivity contribution in [2.45, 2.75) is 24.0 Å². The van der Waals surface area contributed by atoms with E-state index >= 15 is 0 Å². The minimum Gasteiger partial charge on any atom is -0.497 e. The van der Waals surface area contributed by atoms with Crippen LogP contribution in [0.5, 0.6) is 17.2 Å². The van der Waals surface area contributed by atoms with Crippen LogP contribution < -0.4 is 14.2 Å². The Hall–Kier alpha value is -3.51. The highest BCUT2D eigenvalue weighted by atomic mass is 16.6. The van der Waals surface area contributed by atoms with Gasteiger partial charge in [0.05, 0.1) is 28.4 Å². The largest absolute Gasteiger partial charge is 0.497 e. The molecule has 33 heavy (non-hydrogen) atoms. The molecule has 6 heteroatoms. The van der Waals surface area contributed by atoms with Crippen molar-refractivity contribution in [3.05, 3.63) is 89.5 Å². The molecule has 0 radical (unpaired) electrons. The average molecular weight is 449 g/mol. The van der Waals surface area contributed by atoms with E-state index in [1.165, 1.54) is 7.11 Å². The minimum absolute atomic E-state index is 0.215. The Labute approximate surface area is 194 Å². The lowest BCUT2D eigenvalue weighted by molar-refractivity contribution is -0.157. The highest BCUT2D eigenvalue weighted by Gasteiger charge is 2.52. The molecule has 0 bridgehead atoms. The Bertz CT molecular complexity index is 1030. The molecule has 1 saturated heterocycles. The molecule has 172 valence electrons. The summed E-state index contributed by atoms with van der Waals surface area (Å²) in [5.41, 5.74) is 1.98. The molecule has 0 spiro atoms. The van der Waals surface area contributed by atoms with Crippen LogP contribution in [0.4, 0.5) is 0 Å². The van der Waals surface area contributed by atoms with Crippen LogP contribution in [0.15, 0.2) is 72.8 Å². The van der Waals surface area contributed by atoms with Gasteiger partial charge in [0.2, 0.25) is 0 Å². The van der Waals surface area contributed by atoms with Crippen molar-refractivity contribution < 1.29 is 28.5 Å². The predicted octanol–water partition coefficient (Wildman–Crippen LogP) is 4.70. The molecular weight excluding hydrogens is 420 g/mol. The van der Waals surface area contributed by atoms with Crippen LogP contribution in [0.3, 0.4) is 0 Å². The van der Waals surface area contributed by atoms with E-state index in [-0.39, 0.29) is 5.92 Å². The summed E-state index contributed by atoms with van der Waals surface area (Å²) in [4.78, 5) is 12.9. The molecule has 0 unspecified atom stereocenters. The fourth-order valence-electron chi connectivity index (χ4n) is 4.49. The summed E-state index contributed by atoms with van der Waals surface area (Å²) in [5, 5.41) is 0. The van der Waals surface area contributed by atoms with Gasteiger partial charge in [0.1, 0.15) is 22.8 Å². The first-order chi connectivity index (χ1) is 16.0. The fraction of sp³-hybridized carbons (Fsp3) is 0.296. The normalized spacial score (nSPS) is 19.0. The molecule has 0 N–H and O–H groups in total. The Morgan fingerprint density at radius 1 is 0.727 bits per heavy atom. The van der Waals surface area contributed by atoms with Gasteiger partial charge < -0.3 is 23.7 Å². The molecule has 3 aromatic carbocycles. The average Bonchev–Trinajstić information content (AvgIpc) is 3.30. The van der Waals surface area contributed by atoms with Gasteiger partial charge in [-0.2, -0.15) is 0 Å². The Kier molecular flexibility index (Phi) is 6.56. The van der Waals surface area contributed by atoms with E-state index in [1.54, 1.807) is 21.3 Å². The van der Waals surface area contributed by atoms with Crippen LogP contribution >= 0.6 is 0 Å². The van der Waals surface area contributed by atoms with E-state index in [9.17, 15) is 4.79 Å². The third-order valence-electron chi connectivity index (χ3n) is 6.29. The molecule has 6 nitrogen and oxygen atoms in total. The van der Waals surface area contributed by atoms with Crippen molar-refractivity contribution in [1.82, 2.24) is 0 Å². The summed E-state index contributed by atoms with van der Waals surface area (Å²) in [6.07, 6.45) is -0.217. The van der Waals surface area contributed by atoms with Gasteiger partial charge in [0.15, 0.2) is 6.10 Å². The van der Waals surface area contributed by atoms with Crippen LogP contribution in [0.2, 0.25) is 0 Å². The molecule has 1 aliphatic rings. The Morgan fingerprint density at radius 3 is 1.55 bits per heavy atom. The lowest BCUT2D eigenvalue weighted by Crippen LogP contribution is -2.31. The number of ether oxygens (including phenoxy) is 5. The number of hydrogen-bond acceptors (Lipinski definition) is 6. The maximum atomic E-state index is 12.9. The van der Waals surface area contributed by atoms with Crippen LogP contribution in [-0.4, -0.2) is 40.5 Å². The van der Waals surface area contributed by atoms with Gasteiger partial charge in [-0.05, 0) is 59.5 Å². The molecule has 0 saturated carbocycles. The first kappa shape index (κ1) is 22.7. The summed E-state index contributed by atoms with van der Waals surface area (Å²) in [6.45, 7) is 0. The SMILES string of the molecule is COC(=O)[C@@H]1OC(c2ccc(OC)cc2)(c2ccc(OC)cc2)C[C@@H]1c1ccc(OC)cc1. The zero-order valence-corrected chi connectivity index (χ0v) is 19.2. The first-order valence-corrected chi connectivity index (χ1v) is 10.7. The maximum absolute atomic E-state index is 12.9. The van der Waals surface area contributed by atoms with Crippen molar-refractivity contribution in [1.29, 1.82) is 0 Å². The molecule has 0 aliphatic carbocycles. The Balaban J connectivity index is 1.84. The summed E-state index contributed by atoms with van der Waals surface area (Å²) in [7, 11) is 6.28. The van der Waals surface area contributed by atoms with Crippen LogP contribution in [0.1, 0.15) is 29.0 Å². The van der Waals surface area contributed by atoms with Gasteiger partial charge in [-0.25, -0.2) is 4.79 Å². The van der Waals surface area contributed by atoms with E-state index in [1.807, 2.05) is 72.8 Å². The van der Waals surface area contributed by atoms with Crippen molar-refractivity contribution in [2.24, 2.45) is 0 Å². The number of benzene rings is 3. The smallest absolute Gasteiger partial charge is 0.335 e. The summed E-state index contributed by atoms with van der Waals surface area (Å²) < 4.78 is 27.8. The van der Waals surface area contributed by atoms with Crippen molar-refractivity contribution in [2.75, 3.05) is 28.4 Å². The van der Waals surface area contributed by atoms with E-state index in [0.717, 1.165) is 33.9 Å². The highest BCUT2D eigenvalue weighted by Crippen LogP contribution is 2.51. The third kappa shape index (κ3) is 4.26. The standard InChI is InChI=1S/C27H28O6/c1-29-21-11-5-18(6-12-21)24-17-27(33-25(24)26(28)32-4,19-7-13-22(30-2)14-8-19)20-9-15-23(31-3)16-10-20/h5-16,24-25H,17H2,1-4H3/t24-,25-/m1/s1. The molecule has 0 amide bonds. The zero-order valence-electron chi connectivity index (χ0n) is 19.2. The van der Waals surface area contributed by atoms with E-state index in [4.69, 9.17) is 23.7 Å². The zero-order chi connectivity index (χ0) is 23.4. The summed E-state index contributed by atoms with van der Waals surface area (Å²) >= 11 is 0. The molecule has 0 aromatic heterocycles. The molecule has 1 aliphatic heterocycles. The van der Waals surface area contributed by atoms with Crippen molar-refractivity contribution >= 4 is 5.97 Å². The number of carbonyl (C=O) groups is 1. The minimum atomic E-state index is -0.859. The molecular formula is C27H28O6. The number of methoxy groups -OCH3 is 4. The summed E-state index contributed by atoms with van der Waals surface area (Å²) in [6, 6.07) is 23.3. The second-order valence-electron chi connectivity index (χ2n) is 7.93. The molecule has 1 fully saturated rings. The number of hydrogen-bond donors (Lipinski definition) is 0. The van der Waals surface area contributed by atoms with Crippen molar-refractivity contribution in [3.8, 4) is 17.2 Å². The first-order valence-electron chi connectivity index (χ1n) is 10.7. The lowest BCUT2D eigenvalue weighted by atomic mass is 9.79. The second-order valence-corrected chi connectivity index (χ2v) is 7.93. The van der Waals surface area contributed by atoms with E-state index in [2.05, 4.69) is 0 Å². The van der Waals surface area contributed by atoms with Gasteiger partial charge >= 0.3 is 5.97 Å². The highest BCUT2D eigenvalue weighted by molar-refractivity contribution is 5.77.